The first kappa shape index (κ1) is 17.4. The van der Waals surface area contributed by atoms with Gasteiger partial charge in [0.2, 0.25) is 0 Å². The Morgan fingerprint density at radius 2 is 2.07 bits per heavy atom. The van der Waals surface area contributed by atoms with Crippen LogP contribution in [0.15, 0.2) is 64.5 Å². The van der Waals surface area contributed by atoms with Crippen molar-refractivity contribution in [1.29, 1.82) is 0 Å². The molecule has 2 heterocycles. The zero-order valence-corrected chi connectivity index (χ0v) is 15.0. The highest BCUT2D eigenvalue weighted by atomic mass is 32.1. The summed E-state index contributed by atoms with van der Waals surface area (Å²) in [6.07, 6.45) is 0. The number of aromatic nitrogens is 1. The predicted molar refractivity (Wildman–Crippen MR) is 101 cm³/mol. The minimum Gasteiger partial charge on any atom is -0.426 e. The molecule has 7 heteroatoms. The van der Waals surface area contributed by atoms with Crippen molar-refractivity contribution in [1.82, 2.24) is 10.5 Å². The van der Waals surface area contributed by atoms with Crippen molar-refractivity contribution in [2.75, 3.05) is 6.54 Å². The molecular formula is C20H15FN2O3S. The molecule has 0 bridgehead atoms. The molecule has 0 fully saturated rings. The molecule has 27 heavy (non-hydrogen) atoms. The Labute approximate surface area is 158 Å². The lowest BCUT2D eigenvalue weighted by atomic mass is 10.1. The Bertz CT molecular complexity index is 1090. The van der Waals surface area contributed by atoms with Gasteiger partial charge in [-0.05, 0) is 41.3 Å². The van der Waals surface area contributed by atoms with Gasteiger partial charge < -0.3 is 14.6 Å². The molecule has 2 aromatic carbocycles. The number of hydrogen-bond acceptors (Lipinski definition) is 6. The molecule has 4 aromatic rings. The largest absolute Gasteiger partial charge is 0.426 e. The van der Waals surface area contributed by atoms with Crippen LogP contribution in [0.25, 0.3) is 21.5 Å². The maximum atomic E-state index is 13.1. The van der Waals surface area contributed by atoms with Gasteiger partial charge in [0.25, 0.3) is 0 Å². The van der Waals surface area contributed by atoms with Gasteiger partial charge in [-0.15, -0.1) is 11.3 Å². The van der Waals surface area contributed by atoms with Crippen LogP contribution in [0.4, 0.5) is 4.39 Å². The van der Waals surface area contributed by atoms with E-state index in [0.717, 1.165) is 27.1 Å². The second-order valence-corrected chi connectivity index (χ2v) is 6.80. The van der Waals surface area contributed by atoms with Gasteiger partial charge in [-0.25, -0.2) is 4.39 Å². The lowest BCUT2D eigenvalue weighted by molar-refractivity contribution is -0.133. The number of nitrogens with zero attached hydrogens (tertiary/aromatic N) is 1. The van der Waals surface area contributed by atoms with Gasteiger partial charge in [-0.1, -0.05) is 29.4 Å². The van der Waals surface area contributed by atoms with Crippen LogP contribution in [0, 0.1) is 5.82 Å². The van der Waals surface area contributed by atoms with E-state index >= 15 is 0 Å². The Kier molecular flexibility index (Phi) is 4.95. The molecule has 1 N–H and O–H groups in total. The van der Waals surface area contributed by atoms with Crippen LogP contribution in [0.3, 0.4) is 0 Å². The number of nitrogens with one attached hydrogen (secondary N) is 1. The third kappa shape index (κ3) is 4.05. The van der Waals surface area contributed by atoms with Crippen LogP contribution in [-0.2, 0) is 11.3 Å². The van der Waals surface area contributed by atoms with Gasteiger partial charge in [0.15, 0.2) is 5.58 Å². The number of fused-ring (bicyclic) bond motifs is 1. The first-order valence-corrected chi connectivity index (χ1v) is 9.16. The summed E-state index contributed by atoms with van der Waals surface area (Å²) in [6.45, 7) is 0.391. The number of carbonyl (C=O) groups is 1. The molecule has 0 amide bonds. The lowest BCUT2D eigenvalue weighted by Gasteiger charge is -2.07. The average molecular weight is 382 g/mol. The van der Waals surface area contributed by atoms with Crippen LogP contribution >= 0.6 is 11.3 Å². The molecular weight excluding hydrogens is 367 g/mol. The molecule has 2 aromatic heterocycles. The van der Waals surface area contributed by atoms with E-state index < -0.39 is 5.97 Å². The highest BCUT2D eigenvalue weighted by Gasteiger charge is 2.13. The summed E-state index contributed by atoms with van der Waals surface area (Å²) in [7, 11) is 0. The van der Waals surface area contributed by atoms with E-state index in [4.69, 9.17) is 9.26 Å². The van der Waals surface area contributed by atoms with Crippen LogP contribution in [-0.4, -0.2) is 17.7 Å². The predicted octanol–water partition coefficient (Wildman–Crippen LogP) is 4.39. The van der Waals surface area contributed by atoms with E-state index in [2.05, 4.69) is 10.5 Å². The smallest absolute Gasteiger partial charge is 0.325 e. The second-order valence-electron chi connectivity index (χ2n) is 5.88. The van der Waals surface area contributed by atoms with E-state index in [9.17, 15) is 9.18 Å². The fourth-order valence-corrected chi connectivity index (χ4v) is 3.51. The third-order valence-electron chi connectivity index (χ3n) is 3.91. The topological polar surface area (TPSA) is 64.4 Å². The van der Waals surface area contributed by atoms with Crippen molar-refractivity contribution in [2.24, 2.45) is 0 Å². The molecule has 0 radical (unpaired) electrons. The number of carbonyl (C=O) groups excluding carboxylic acids is 1. The van der Waals surface area contributed by atoms with Crippen molar-refractivity contribution in [3.63, 3.8) is 0 Å². The molecule has 136 valence electrons. The van der Waals surface area contributed by atoms with E-state index in [-0.39, 0.29) is 12.4 Å². The normalized spacial score (nSPS) is 11.0. The SMILES string of the molecule is O=C(CNCc1cccc(F)c1)Oc1cccc(-c2noc3ccsc23)c1. The highest BCUT2D eigenvalue weighted by molar-refractivity contribution is 7.17. The summed E-state index contributed by atoms with van der Waals surface area (Å²) in [5.41, 5.74) is 3.03. The number of benzene rings is 2. The zero-order valence-electron chi connectivity index (χ0n) is 14.1. The first-order valence-electron chi connectivity index (χ1n) is 8.28. The zero-order chi connectivity index (χ0) is 18.6. The average Bonchev–Trinajstić information content (AvgIpc) is 3.25. The first-order chi connectivity index (χ1) is 13.2. The third-order valence-corrected chi connectivity index (χ3v) is 4.81. The van der Waals surface area contributed by atoms with Crippen molar-refractivity contribution >= 4 is 27.6 Å². The van der Waals surface area contributed by atoms with Gasteiger partial charge in [0.05, 0.1) is 6.54 Å². The molecule has 0 aliphatic heterocycles. The molecule has 0 spiro atoms. The van der Waals surface area contributed by atoms with Gasteiger partial charge in [-0.3, -0.25) is 4.79 Å². The molecule has 0 atom stereocenters. The summed E-state index contributed by atoms with van der Waals surface area (Å²) < 4.78 is 24.8. The molecule has 0 unspecified atom stereocenters. The molecule has 4 rings (SSSR count). The fraction of sp³-hybridized carbons (Fsp3) is 0.100. The molecule has 0 aliphatic carbocycles. The molecule has 0 saturated heterocycles. The quantitative estimate of drug-likeness (QED) is 0.396. The number of thiophene rings is 1. The van der Waals surface area contributed by atoms with Crippen LogP contribution in [0.1, 0.15) is 5.56 Å². The van der Waals surface area contributed by atoms with E-state index in [0.29, 0.717) is 12.3 Å². The van der Waals surface area contributed by atoms with Crippen molar-refractivity contribution in [3.8, 4) is 17.0 Å². The van der Waals surface area contributed by atoms with Crippen LogP contribution < -0.4 is 10.1 Å². The van der Waals surface area contributed by atoms with Gasteiger partial charge in [0, 0.05) is 12.1 Å². The summed E-state index contributed by atoms with van der Waals surface area (Å²) in [4.78, 5) is 12.0. The molecule has 0 saturated carbocycles. The number of rotatable bonds is 6. The Hall–Kier alpha value is -3.03. The number of esters is 1. The number of halogens is 1. The minimum atomic E-state index is -0.426. The Morgan fingerprint density at radius 3 is 2.96 bits per heavy atom. The second kappa shape index (κ2) is 7.69. The van der Waals surface area contributed by atoms with E-state index in [1.807, 2.05) is 17.5 Å². The van der Waals surface area contributed by atoms with E-state index in [1.165, 1.54) is 12.1 Å². The number of ether oxygens (including phenoxy) is 1. The van der Waals surface area contributed by atoms with Gasteiger partial charge in [0.1, 0.15) is 22.0 Å². The summed E-state index contributed by atoms with van der Waals surface area (Å²) in [5, 5.41) is 8.97. The minimum absolute atomic E-state index is 0.0138. The summed E-state index contributed by atoms with van der Waals surface area (Å²) in [5.74, 6) is -0.302. The van der Waals surface area contributed by atoms with Crippen LogP contribution in [0.2, 0.25) is 0 Å². The van der Waals surface area contributed by atoms with Gasteiger partial charge in [-0.2, -0.15) is 0 Å². The maximum Gasteiger partial charge on any atom is 0.325 e. The monoisotopic (exact) mass is 382 g/mol. The highest BCUT2D eigenvalue weighted by Crippen LogP contribution is 2.33. The van der Waals surface area contributed by atoms with Crippen LogP contribution in [0.5, 0.6) is 5.75 Å². The lowest BCUT2D eigenvalue weighted by Crippen LogP contribution is -2.26. The standard InChI is InChI=1S/C20H15FN2O3S/c21-15-5-1-3-13(9-15)11-22-12-18(24)25-16-6-2-4-14(10-16)19-20-17(26-23-19)7-8-27-20/h1-10,22H,11-12H2. The van der Waals surface area contributed by atoms with Crippen molar-refractivity contribution < 1.29 is 18.4 Å². The summed E-state index contributed by atoms with van der Waals surface area (Å²) in [6, 6.07) is 15.2. The van der Waals surface area contributed by atoms with Crippen molar-refractivity contribution in [2.45, 2.75) is 6.54 Å². The maximum absolute atomic E-state index is 13.1. The van der Waals surface area contributed by atoms with Crippen molar-refractivity contribution in [3.05, 3.63) is 71.4 Å². The fourth-order valence-electron chi connectivity index (χ4n) is 2.69. The van der Waals surface area contributed by atoms with Gasteiger partial charge >= 0.3 is 5.97 Å². The Morgan fingerprint density at radius 1 is 1.19 bits per heavy atom. The Balaban J connectivity index is 1.38. The number of hydrogen-bond donors (Lipinski definition) is 1. The van der Waals surface area contributed by atoms with E-state index in [1.54, 1.807) is 41.7 Å². The molecule has 5 nitrogen and oxygen atoms in total. The summed E-state index contributed by atoms with van der Waals surface area (Å²) >= 11 is 1.54. The molecule has 0 aliphatic rings.